The largest absolute Gasteiger partial charge is 0.462 e. The van der Waals surface area contributed by atoms with E-state index in [-0.39, 0.29) is 17.8 Å². The normalized spacial score (nSPS) is 12.7. The van der Waals surface area contributed by atoms with Gasteiger partial charge < -0.3 is 9.84 Å². The highest BCUT2D eigenvalue weighted by atomic mass is 79.9. The number of halogens is 2. The van der Waals surface area contributed by atoms with Crippen molar-refractivity contribution >= 4 is 33.5 Å². The molecular formula is C5H8BrClO3. The van der Waals surface area contributed by atoms with Gasteiger partial charge in [0.05, 0.1) is 5.88 Å². The summed E-state index contributed by atoms with van der Waals surface area (Å²) < 4.78 is 4.52. The van der Waals surface area contributed by atoms with E-state index in [1.165, 1.54) is 0 Å². The molecule has 0 fully saturated rings. The van der Waals surface area contributed by atoms with Crippen molar-refractivity contribution in [2.45, 2.75) is 6.10 Å². The minimum atomic E-state index is -0.760. The first-order valence-corrected chi connectivity index (χ1v) is 4.32. The van der Waals surface area contributed by atoms with Gasteiger partial charge >= 0.3 is 5.97 Å². The predicted octanol–water partition coefficient (Wildman–Crippen LogP) is 0.524. The lowest BCUT2D eigenvalue weighted by Crippen LogP contribution is -2.20. The molecule has 0 saturated carbocycles. The maximum Gasteiger partial charge on any atom is 0.316 e. The van der Waals surface area contributed by atoms with Gasteiger partial charge in [-0.2, -0.15) is 0 Å². The number of carbonyl (C=O) groups excluding carboxylic acids is 1. The second-order valence-electron chi connectivity index (χ2n) is 1.62. The maximum absolute atomic E-state index is 10.4. The molecule has 1 N–H and O–H groups in total. The first-order chi connectivity index (χ1) is 4.70. The first kappa shape index (κ1) is 10.2. The monoisotopic (exact) mass is 230 g/mol. The van der Waals surface area contributed by atoms with Crippen molar-refractivity contribution in [2.24, 2.45) is 0 Å². The zero-order valence-corrected chi connectivity index (χ0v) is 7.56. The van der Waals surface area contributed by atoms with E-state index in [2.05, 4.69) is 20.7 Å². The van der Waals surface area contributed by atoms with E-state index in [0.717, 1.165) is 0 Å². The smallest absolute Gasteiger partial charge is 0.316 e. The van der Waals surface area contributed by atoms with E-state index < -0.39 is 12.1 Å². The van der Waals surface area contributed by atoms with Gasteiger partial charge in [0.2, 0.25) is 0 Å². The van der Waals surface area contributed by atoms with Gasteiger partial charge in [-0.1, -0.05) is 15.9 Å². The Bertz CT molecular complexity index is 109. The van der Waals surface area contributed by atoms with E-state index in [1.54, 1.807) is 0 Å². The molecule has 5 heteroatoms. The Labute approximate surface area is 72.4 Å². The van der Waals surface area contributed by atoms with Crippen molar-refractivity contribution in [3.63, 3.8) is 0 Å². The number of hydrogen-bond donors (Lipinski definition) is 1. The van der Waals surface area contributed by atoms with Crippen LogP contribution in [0.1, 0.15) is 0 Å². The van der Waals surface area contributed by atoms with Gasteiger partial charge in [0.25, 0.3) is 0 Å². The molecule has 0 rings (SSSR count). The molecule has 0 aliphatic carbocycles. The number of aliphatic hydroxyl groups excluding tert-OH is 1. The van der Waals surface area contributed by atoms with Gasteiger partial charge in [-0.25, -0.2) is 0 Å². The van der Waals surface area contributed by atoms with Gasteiger partial charge in [0.15, 0.2) is 0 Å². The van der Waals surface area contributed by atoms with E-state index >= 15 is 0 Å². The molecule has 10 heavy (non-hydrogen) atoms. The van der Waals surface area contributed by atoms with E-state index in [9.17, 15) is 4.79 Å². The molecule has 0 heterocycles. The summed E-state index contributed by atoms with van der Waals surface area (Å²) in [5.74, 6) is -0.320. The molecule has 0 amide bonds. The van der Waals surface area contributed by atoms with Gasteiger partial charge in [-0.05, 0) is 0 Å². The summed E-state index contributed by atoms with van der Waals surface area (Å²) in [4.78, 5) is 10.4. The van der Waals surface area contributed by atoms with E-state index in [1.807, 2.05) is 0 Å². The summed E-state index contributed by atoms with van der Waals surface area (Å²) in [5, 5.41) is 8.92. The highest BCUT2D eigenvalue weighted by Gasteiger charge is 2.05. The molecule has 0 spiro atoms. The van der Waals surface area contributed by atoms with Crippen LogP contribution in [0.4, 0.5) is 0 Å². The molecule has 0 radical (unpaired) electrons. The lowest BCUT2D eigenvalue weighted by atomic mass is 10.4. The van der Waals surface area contributed by atoms with Crippen LogP contribution in [0, 0.1) is 0 Å². The van der Waals surface area contributed by atoms with Crippen LogP contribution in [0.15, 0.2) is 0 Å². The van der Waals surface area contributed by atoms with Gasteiger partial charge in [0, 0.05) is 0 Å². The number of hydrogen-bond acceptors (Lipinski definition) is 3. The standard InChI is InChI=1S/C5H8BrClO3/c6-1-5(9)10-3-4(8)2-7/h4,8H,1-3H2. The lowest BCUT2D eigenvalue weighted by Gasteiger charge is -2.05. The highest BCUT2D eigenvalue weighted by molar-refractivity contribution is 9.09. The number of ether oxygens (including phenoxy) is 1. The SMILES string of the molecule is O=C(CBr)OCC(O)CCl. The average Bonchev–Trinajstić information content (AvgIpc) is 1.99. The molecule has 0 aromatic rings. The molecule has 1 atom stereocenters. The molecule has 0 bridgehead atoms. The van der Waals surface area contributed by atoms with E-state index in [4.69, 9.17) is 16.7 Å². The minimum Gasteiger partial charge on any atom is -0.462 e. The Morgan fingerprint density at radius 2 is 2.40 bits per heavy atom. The van der Waals surface area contributed by atoms with Crippen molar-refractivity contribution in [1.82, 2.24) is 0 Å². The molecule has 0 saturated heterocycles. The molecule has 0 aliphatic heterocycles. The molecular weight excluding hydrogens is 223 g/mol. The topological polar surface area (TPSA) is 46.5 Å². The Morgan fingerprint density at radius 1 is 1.80 bits per heavy atom. The van der Waals surface area contributed by atoms with Crippen molar-refractivity contribution in [3.05, 3.63) is 0 Å². The van der Waals surface area contributed by atoms with Crippen molar-refractivity contribution in [2.75, 3.05) is 17.8 Å². The van der Waals surface area contributed by atoms with Crippen molar-refractivity contribution in [3.8, 4) is 0 Å². The summed E-state index contributed by atoms with van der Waals surface area (Å²) in [6, 6.07) is 0. The third kappa shape index (κ3) is 5.02. The number of alkyl halides is 2. The highest BCUT2D eigenvalue weighted by Crippen LogP contribution is 1.91. The second-order valence-corrected chi connectivity index (χ2v) is 2.49. The third-order valence-corrected chi connectivity index (χ3v) is 1.54. The number of carbonyl (C=O) groups is 1. The van der Waals surface area contributed by atoms with Crippen molar-refractivity contribution in [1.29, 1.82) is 0 Å². The Kier molecular flexibility index (Phi) is 6.06. The third-order valence-electron chi connectivity index (χ3n) is 0.724. The molecule has 0 aromatic carbocycles. The molecule has 1 unspecified atom stereocenters. The summed E-state index contributed by atoms with van der Waals surface area (Å²) in [6.07, 6.45) is -0.760. The van der Waals surface area contributed by atoms with Gasteiger partial charge in [-0.3, -0.25) is 4.79 Å². The quantitative estimate of drug-likeness (QED) is 0.567. The fourth-order valence-electron chi connectivity index (χ4n) is 0.272. The van der Waals surface area contributed by atoms with Crippen LogP contribution < -0.4 is 0 Å². The average molecular weight is 231 g/mol. The van der Waals surface area contributed by atoms with Gasteiger partial charge in [-0.15, -0.1) is 11.6 Å². The van der Waals surface area contributed by atoms with Crippen LogP contribution in [0.5, 0.6) is 0 Å². The first-order valence-electron chi connectivity index (χ1n) is 2.66. The number of aliphatic hydroxyl groups is 1. The lowest BCUT2D eigenvalue weighted by molar-refractivity contribution is -0.142. The van der Waals surface area contributed by atoms with Crippen LogP contribution >= 0.6 is 27.5 Å². The Morgan fingerprint density at radius 3 is 2.80 bits per heavy atom. The molecule has 0 aromatic heterocycles. The van der Waals surface area contributed by atoms with E-state index in [0.29, 0.717) is 0 Å². The number of esters is 1. The molecule has 0 aliphatic rings. The van der Waals surface area contributed by atoms with Crippen LogP contribution in [-0.2, 0) is 9.53 Å². The van der Waals surface area contributed by atoms with Crippen LogP contribution in [0.2, 0.25) is 0 Å². The van der Waals surface area contributed by atoms with Crippen LogP contribution in [0.3, 0.4) is 0 Å². The fourth-order valence-corrected chi connectivity index (χ4v) is 0.523. The summed E-state index contributed by atoms with van der Waals surface area (Å²) in [7, 11) is 0. The maximum atomic E-state index is 10.4. The Balaban J connectivity index is 3.26. The summed E-state index contributed by atoms with van der Waals surface area (Å²) >= 11 is 8.12. The van der Waals surface area contributed by atoms with Crippen LogP contribution in [0.25, 0.3) is 0 Å². The summed E-state index contributed by atoms with van der Waals surface area (Å²) in [5.41, 5.74) is 0. The van der Waals surface area contributed by atoms with Gasteiger partial charge in [0.1, 0.15) is 18.0 Å². The van der Waals surface area contributed by atoms with Crippen molar-refractivity contribution < 1.29 is 14.6 Å². The fraction of sp³-hybridized carbons (Fsp3) is 0.800. The second kappa shape index (κ2) is 5.95. The molecule has 3 nitrogen and oxygen atoms in total. The Hall–Kier alpha value is 0.200. The minimum absolute atomic E-state index is 0.0338. The molecule has 60 valence electrons. The summed E-state index contributed by atoms with van der Waals surface area (Å²) in [6.45, 7) is -0.0338. The zero-order valence-electron chi connectivity index (χ0n) is 5.22. The zero-order chi connectivity index (χ0) is 7.98. The van der Waals surface area contributed by atoms with Crippen LogP contribution in [-0.4, -0.2) is 35.0 Å². The number of rotatable bonds is 4. The predicted molar refractivity (Wildman–Crippen MR) is 41.5 cm³/mol.